The van der Waals surface area contributed by atoms with Crippen LogP contribution in [0, 0.1) is 25.2 Å². The summed E-state index contributed by atoms with van der Waals surface area (Å²) in [7, 11) is 0. The van der Waals surface area contributed by atoms with Gasteiger partial charge in [0.1, 0.15) is 23.3 Å². The Balaban J connectivity index is 1.48. The van der Waals surface area contributed by atoms with Crippen molar-refractivity contribution in [3.05, 3.63) is 65.0 Å². The van der Waals surface area contributed by atoms with Gasteiger partial charge in [0.05, 0.1) is 42.3 Å². The van der Waals surface area contributed by atoms with Crippen molar-refractivity contribution < 1.29 is 14.2 Å². The van der Waals surface area contributed by atoms with Crippen molar-refractivity contribution in [2.24, 2.45) is 5.73 Å². The van der Waals surface area contributed by atoms with Crippen molar-refractivity contribution in [1.29, 1.82) is 5.26 Å². The van der Waals surface area contributed by atoms with E-state index in [0.29, 0.717) is 36.0 Å². The van der Waals surface area contributed by atoms with Gasteiger partial charge < -0.3 is 14.2 Å². The topological polar surface area (TPSA) is 132 Å². The highest BCUT2D eigenvalue weighted by atomic mass is 16.5. The zero-order chi connectivity index (χ0) is 23.7. The van der Waals surface area contributed by atoms with E-state index in [2.05, 4.69) is 26.5 Å². The van der Waals surface area contributed by atoms with Crippen LogP contribution in [0.4, 0.5) is 0 Å². The number of H-pyrrole nitrogens is 1. The SMILES string of the molecule is Cc1cnnc(C)c1[C@@H](N)Oc1ccc2[nH]nc(-c3cc(C#N)cc(OC4CCOC4)c3)c2c1. The Bertz CT molecular complexity index is 1370. The smallest absolute Gasteiger partial charge is 0.176 e. The monoisotopic (exact) mass is 456 g/mol. The van der Waals surface area contributed by atoms with Crippen LogP contribution in [0.15, 0.2) is 42.6 Å². The molecule has 1 aliphatic heterocycles. The molecule has 2 aromatic heterocycles. The van der Waals surface area contributed by atoms with Crippen LogP contribution in [-0.4, -0.2) is 39.7 Å². The van der Waals surface area contributed by atoms with Gasteiger partial charge >= 0.3 is 0 Å². The molecule has 5 rings (SSSR count). The van der Waals surface area contributed by atoms with Crippen LogP contribution in [0.5, 0.6) is 11.5 Å². The molecule has 2 aromatic carbocycles. The molecule has 9 heteroatoms. The van der Waals surface area contributed by atoms with Crippen LogP contribution in [0.3, 0.4) is 0 Å². The van der Waals surface area contributed by atoms with E-state index in [1.807, 2.05) is 38.1 Å². The number of hydrogen-bond acceptors (Lipinski definition) is 8. The number of nitrogens with one attached hydrogen (secondary N) is 1. The van der Waals surface area contributed by atoms with Gasteiger partial charge in [-0.3, -0.25) is 10.8 Å². The first kappa shape index (κ1) is 21.8. The van der Waals surface area contributed by atoms with Gasteiger partial charge in [-0.05, 0) is 55.8 Å². The Kier molecular flexibility index (Phi) is 5.84. The maximum absolute atomic E-state index is 9.55. The summed E-state index contributed by atoms with van der Waals surface area (Å²) < 4.78 is 17.5. The van der Waals surface area contributed by atoms with Crippen LogP contribution in [0.25, 0.3) is 22.2 Å². The predicted molar refractivity (Wildman–Crippen MR) is 125 cm³/mol. The lowest BCUT2D eigenvalue weighted by Crippen LogP contribution is -2.20. The largest absolute Gasteiger partial charge is 0.488 e. The number of nitrogens with zero attached hydrogens (tertiary/aromatic N) is 4. The second kappa shape index (κ2) is 9.09. The fraction of sp³-hybridized carbons (Fsp3) is 0.280. The van der Waals surface area contributed by atoms with E-state index in [9.17, 15) is 5.26 Å². The van der Waals surface area contributed by atoms with E-state index < -0.39 is 6.23 Å². The first-order chi connectivity index (χ1) is 16.5. The molecule has 1 saturated heterocycles. The van der Waals surface area contributed by atoms with Crippen molar-refractivity contribution in [2.45, 2.75) is 32.6 Å². The Morgan fingerprint density at radius 1 is 1.21 bits per heavy atom. The van der Waals surface area contributed by atoms with Gasteiger partial charge in [0.2, 0.25) is 0 Å². The van der Waals surface area contributed by atoms with Crippen LogP contribution in [-0.2, 0) is 4.74 Å². The van der Waals surface area contributed by atoms with Crippen LogP contribution in [0.2, 0.25) is 0 Å². The summed E-state index contributed by atoms with van der Waals surface area (Å²) in [5.41, 5.74) is 11.6. The maximum Gasteiger partial charge on any atom is 0.176 e. The van der Waals surface area contributed by atoms with Crippen molar-refractivity contribution in [3.63, 3.8) is 0 Å². The summed E-state index contributed by atoms with van der Waals surface area (Å²) >= 11 is 0. The molecule has 172 valence electrons. The average Bonchev–Trinajstić information content (AvgIpc) is 3.48. The summed E-state index contributed by atoms with van der Waals surface area (Å²) in [6.45, 7) is 5.01. The van der Waals surface area contributed by atoms with Crippen molar-refractivity contribution in [1.82, 2.24) is 20.4 Å². The fourth-order valence-corrected chi connectivity index (χ4v) is 4.20. The lowest BCUT2D eigenvalue weighted by Gasteiger charge is -2.18. The standard InChI is InChI=1S/C25H24N6O3/c1-14-12-28-29-15(2)23(14)25(27)34-18-3-4-22-21(10-18)24(31-30-22)17-7-16(11-26)8-20(9-17)33-19-5-6-32-13-19/h3-4,7-10,12,19,25H,5-6,13,27H2,1-2H3,(H,30,31)/t19?,25-/m0/s1. The molecule has 0 amide bonds. The summed E-state index contributed by atoms with van der Waals surface area (Å²) in [5, 5.41) is 26.0. The molecular weight excluding hydrogens is 432 g/mol. The number of aromatic amines is 1. The molecule has 0 saturated carbocycles. The third kappa shape index (κ3) is 4.29. The second-order valence-corrected chi connectivity index (χ2v) is 8.31. The number of hydrogen-bond donors (Lipinski definition) is 2. The molecule has 0 radical (unpaired) electrons. The van der Waals surface area contributed by atoms with E-state index >= 15 is 0 Å². The first-order valence-electron chi connectivity index (χ1n) is 11.0. The van der Waals surface area contributed by atoms with Gasteiger partial charge in [-0.2, -0.15) is 20.6 Å². The van der Waals surface area contributed by atoms with Crippen LogP contribution >= 0.6 is 0 Å². The highest BCUT2D eigenvalue weighted by molar-refractivity contribution is 5.94. The zero-order valence-electron chi connectivity index (χ0n) is 18.9. The molecule has 3 heterocycles. The summed E-state index contributed by atoms with van der Waals surface area (Å²) in [6.07, 6.45) is 1.78. The Morgan fingerprint density at radius 2 is 2.09 bits per heavy atom. The normalized spacial score (nSPS) is 16.4. The minimum atomic E-state index is -0.696. The van der Waals surface area contributed by atoms with Crippen LogP contribution in [0.1, 0.15) is 35.0 Å². The van der Waals surface area contributed by atoms with Crippen molar-refractivity contribution >= 4 is 10.9 Å². The summed E-state index contributed by atoms with van der Waals surface area (Å²) in [4.78, 5) is 0. The molecule has 2 atom stereocenters. The van der Waals surface area contributed by atoms with Gasteiger partial charge in [0.25, 0.3) is 0 Å². The molecule has 9 nitrogen and oxygen atoms in total. The van der Waals surface area contributed by atoms with E-state index in [1.165, 1.54) is 0 Å². The van der Waals surface area contributed by atoms with Gasteiger partial charge in [0, 0.05) is 22.9 Å². The van der Waals surface area contributed by atoms with E-state index in [-0.39, 0.29) is 6.10 Å². The lowest BCUT2D eigenvalue weighted by molar-refractivity contribution is 0.141. The average molecular weight is 457 g/mol. The number of aryl methyl sites for hydroxylation is 2. The summed E-state index contributed by atoms with van der Waals surface area (Å²) in [6, 6.07) is 13.2. The zero-order valence-corrected chi connectivity index (χ0v) is 18.9. The number of nitrogens with two attached hydrogens (primary N) is 1. The third-order valence-corrected chi connectivity index (χ3v) is 5.86. The highest BCUT2D eigenvalue weighted by Crippen LogP contribution is 2.33. The molecule has 1 aliphatic rings. The molecule has 1 fully saturated rings. The van der Waals surface area contributed by atoms with E-state index in [4.69, 9.17) is 19.9 Å². The molecule has 4 aromatic rings. The van der Waals surface area contributed by atoms with Gasteiger partial charge in [-0.15, -0.1) is 0 Å². The molecule has 0 bridgehead atoms. The lowest BCUT2D eigenvalue weighted by atomic mass is 10.0. The fourth-order valence-electron chi connectivity index (χ4n) is 4.20. The number of ether oxygens (including phenoxy) is 3. The molecular formula is C25H24N6O3. The summed E-state index contributed by atoms with van der Waals surface area (Å²) in [5.74, 6) is 1.21. The predicted octanol–water partition coefficient (Wildman–Crippen LogP) is 3.71. The quantitative estimate of drug-likeness (QED) is 0.420. The molecule has 1 unspecified atom stereocenters. The minimum Gasteiger partial charge on any atom is -0.488 e. The van der Waals surface area contributed by atoms with Crippen molar-refractivity contribution in [3.8, 4) is 28.8 Å². The number of benzene rings is 2. The Morgan fingerprint density at radius 3 is 2.85 bits per heavy atom. The first-order valence-corrected chi connectivity index (χ1v) is 11.0. The number of fused-ring (bicyclic) bond motifs is 1. The van der Waals surface area contributed by atoms with Crippen LogP contribution < -0.4 is 15.2 Å². The Labute approximate surface area is 196 Å². The number of aromatic nitrogens is 4. The molecule has 34 heavy (non-hydrogen) atoms. The number of rotatable bonds is 6. The van der Waals surface area contributed by atoms with Gasteiger partial charge in [-0.25, -0.2) is 0 Å². The minimum absolute atomic E-state index is 0.0196. The molecule has 3 N–H and O–H groups in total. The molecule has 0 aliphatic carbocycles. The van der Waals surface area contributed by atoms with E-state index in [1.54, 1.807) is 18.3 Å². The van der Waals surface area contributed by atoms with E-state index in [0.717, 1.165) is 39.7 Å². The molecule has 0 spiro atoms. The third-order valence-electron chi connectivity index (χ3n) is 5.86. The Hall–Kier alpha value is -4.00. The van der Waals surface area contributed by atoms with Crippen molar-refractivity contribution in [2.75, 3.05) is 13.2 Å². The van der Waals surface area contributed by atoms with Gasteiger partial charge in [0.15, 0.2) is 6.23 Å². The number of nitriles is 1. The highest BCUT2D eigenvalue weighted by Gasteiger charge is 2.20. The second-order valence-electron chi connectivity index (χ2n) is 8.31. The maximum atomic E-state index is 9.55. The van der Waals surface area contributed by atoms with Gasteiger partial charge in [-0.1, -0.05) is 0 Å².